The topological polar surface area (TPSA) is 55.2 Å². The maximum Gasteiger partial charge on any atom is 0.405 e. The van der Waals surface area contributed by atoms with Crippen molar-refractivity contribution in [3.63, 3.8) is 0 Å². The van der Waals surface area contributed by atoms with Crippen LogP contribution in [0.25, 0.3) is 0 Å². The number of alkyl halides is 3. The van der Waals surface area contributed by atoms with Gasteiger partial charge in [0, 0.05) is 17.3 Å². The molecule has 0 spiro atoms. The van der Waals surface area contributed by atoms with E-state index in [-0.39, 0.29) is 16.9 Å². The summed E-state index contributed by atoms with van der Waals surface area (Å²) in [5, 5.41) is 12.6. The maximum absolute atomic E-state index is 11.9. The number of rotatable bonds is 3. The van der Waals surface area contributed by atoms with E-state index in [1.807, 2.05) is 0 Å². The molecular weight excluding hydrogens is 225 g/mol. The summed E-state index contributed by atoms with van der Waals surface area (Å²) in [6.07, 6.45) is -4.35. The molecule has 0 aromatic heterocycles. The summed E-state index contributed by atoms with van der Waals surface area (Å²) in [6.45, 7) is 0.186. The number of nitrogens with zero attached hydrogens (tertiary/aromatic N) is 1. The molecule has 0 aliphatic heterocycles. The minimum atomic E-state index is -4.35. The number of anilines is 1. The van der Waals surface area contributed by atoms with E-state index in [2.05, 4.69) is 5.32 Å². The highest BCUT2D eigenvalue weighted by molar-refractivity contribution is 5.59. The van der Waals surface area contributed by atoms with E-state index in [1.54, 1.807) is 0 Å². The smallest absolute Gasteiger partial charge is 0.376 e. The Morgan fingerprint density at radius 3 is 2.56 bits per heavy atom. The van der Waals surface area contributed by atoms with Gasteiger partial charge in [0.25, 0.3) is 5.69 Å². The summed E-state index contributed by atoms with van der Waals surface area (Å²) in [7, 11) is 0. The average molecular weight is 234 g/mol. The van der Waals surface area contributed by atoms with E-state index >= 15 is 0 Å². The Morgan fingerprint density at radius 2 is 2.06 bits per heavy atom. The number of hydrogen-bond donors (Lipinski definition) is 1. The number of nitro groups is 1. The van der Waals surface area contributed by atoms with Crippen LogP contribution in [0.2, 0.25) is 0 Å². The summed E-state index contributed by atoms with van der Waals surface area (Å²) in [6, 6.07) is 3.95. The van der Waals surface area contributed by atoms with Gasteiger partial charge in [0.1, 0.15) is 6.54 Å². The van der Waals surface area contributed by atoms with Crippen LogP contribution in [0.1, 0.15) is 5.56 Å². The lowest BCUT2D eigenvalue weighted by Crippen LogP contribution is -2.21. The number of nitro benzene ring substituents is 1. The Hall–Kier alpha value is -1.79. The van der Waals surface area contributed by atoms with Crippen molar-refractivity contribution in [2.45, 2.75) is 13.1 Å². The van der Waals surface area contributed by atoms with Crippen LogP contribution in [0.4, 0.5) is 24.5 Å². The van der Waals surface area contributed by atoms with Gasteiger partial charge in [-0.1, -0.05) is 6.07 Å². The number of benzene rings is 1. The molecular formula is C9H9F3N2O2. The normalized spacial score (nSPS) is 11.2. The van der Waals surface area contributed by atoms with Gasteiger partial charge in [-0.2, -0.15) is 13.2 Å². The van der Waals surface area contributed by atoms with Crippen molar-refractivity contribution < 1.29 is 18.1 Å². The summed E-state index contributed by atoms with van der Waals surface area (Å²) >= 11 is 0. The second kappa shape index (κ2) is 4.38. The Balaban J connectivity index is 2.90. The van der Waals surface area contributed by atoms with E-state index < -0.39 is 17.6 Å². The molecule has 4 nitrogen and oxygen atoms in total. The Kier molecular flexibility index (Phi) is 3.36. The fourth-order valence-electron chi connectivity index (χ4n) is 1.21. The van der Waals surface area contributed by atoms with Crippen molar-refractivity contribution in [3.05, 3.63) is 33.9 Å². The van der Waals surface area contributed by atoms with Gasteiger partial charge >= 0.3 is 6.18 Å². The van der Waals surface area contributed by atoms with Crippen molar-refractivity contribution in [2.24, 2.45) is 0 Å². The highest BCUT2D eigenvalue weighted by atomic mass is 19.4. The molecule has 1 rings (SSSR count). The van der Waals surface area contributed by atoms with Gasteiger partial charge in [-0.15, -0.1) is 0 Å². The van der Waals surface area contributed by atoms with E-state index in [9.17, 15) is 23.3 Å². The molecule has 0 unspecified atom stereocenters. The lowest BCUT2D eigenvalue weighted by Gasteiger charge is -2.11. The van der Waals surface area contributed by atoms with Gasteiger partial charge in [0.15, 0.2) is 0 Å². The zero-order valence-corrected chi connectivity index (χ0v) is 8.34. The van der Waals surface area contributed by atoms with E-state index in [1.165, 1.54) is 25.1 Å². The van der Waals surface area contributed by atoms with Gasteiger partial charge in [0.05, 0.1) is 4.92 Å². The quantitative estimate of drug-likeness (QED) is 0.646. The van der Waals surface area contributed by atoms with Crippen molar-refractivity contribution in [2.75, 3.05) is 11.9 Å². The van der Waals surface area contributed by atoms with E-state index in [4.69, 9.17) is 0 Å². The molecule has 0 bridgehead atoms. The molecule has 1 N–H and O–H groups in total. The Bertz CT molecular complexity index is 404. The SMILES string of the molecule is Cc1c(NCC(F)(F)F)cccc1[N+](=O)[O-]. The largest absolute Gasteiger partial charge is 0.405 e. The van der Waals surface area contributed by atoms with Gasteiger partial charge in [-0.25, -0.2) is 0 Å². The first kappa shape index (κ1) is 12.3. The minimum absolute atomic E-state index is 0.117. The standard InChI is InChI=1S/C9H9F3N2O2/c1-6-7(13-5-9(10,11)12)3-2-4-8(6)14(15)16/h2-4,13H,5H2,1H3. The zero-order chi connectivity index (χ0) is 12.3. The number of hydrogen-bond acceptors (Lipinski definition) is 3. The predicted octanol–water partition coefficient (Wildman–Crippen LogP) is 2.88. The van der Waals surface area contributed by atoms with Crippen LogP contribution in [0.15, 0.2) is 18.2 Å². The minimum Gasteiger partial charge on any atom is -0.376 e. The average Bonchev–Trinajstić information content (AvgIpc) is 2.14. The lowest BCUT2D eigenvalue weighted by molar-refractivity contribution is -0.385. The summed E-state index contributed by atoms with van der Waals surface area (Å²) in [5.74, 6) is 0. The lowest BCUT2D eigenvalue weighted by atomic mass is 10.1. The first-order valence-electron chi connectivity index (χ1n) is 4.36. The molecule has 0 heterocycles. The first-order chi connectivity index (χ1) is 7.31. The Morgan fingerprint density at radius 1 is 1.44 bits per heavy atom. The van der Waals surface area contributed by atoms with Gasteiger partial charge in [-0.05, 0) is 13.0 Å². The third-order valence-electron chi connectivity index (χ3n) is 1.98. The molecule has 0 atom stereocenters. The molecule has 88 valence electrons. The van der Waals surface area contributed by atoms with Crippen LogP contribution in [-0.2, 0) is 0 Å². The fourth-order valence-corrected chi connectivity index (χ4v) is 1.21. The highest BCUT2D eigenvalue weighted by Crippen LogP contribution is 2.26. The third kappa shape index (κ3) is 3.11. The summed E-state index contributed by atoms with van der Waals surface area (Å²) < 4.78 is 35.8. The molecule has 1 aromatic rings. The predicted molar refractivity (Wildman–Crippen MR) is 52.4 cm³/mol. The molecule has 0 amide bonds. The van der Waals surface area contributed by atoms with Crippen molar-refractivity contribution in [1.82, 2.24) is 0 Å². The van der Waals surface area contributed by atoms with Gasteiger partial charge in [0.2, 0.25) is 0 Å². The molecule has 0 aliphatic rings. The second-order valence-corrected chi connectivity index (χ2v) is 3.18. The molecule has 0 saturated heterocycles. The monoisotopic (exact) mass is 234 g/mol. The molecule has 0 aliphatic carbocycles. The highest BCUT2D eigenvalue weighted by Gasteiger charge is 2.27. The van der Waals surface area contributed by atoms with Crippen LogP contribution in [0, 0.1) is 17.0 Å². The second-order valence-electron chi connectivity index (χ2n) is 3.18. The number of halogens is 3. The maximum atomic E-state index is 11.9. The van der Waals surface area contributed by atoms with E-state index in [0.717, 1.165) is 0 Å². The van der Waals surface area contributed by atoms with Gasteiger partial charge in [-0.3, -0.25) is 10.1 Å². The fraction of sp³-hybridized carbons (Fsp3) is 0.333. The molecule has 0 fully saturated rings. The van der Waals surface area contributed by atoms with Crippen molar-refractivity contribution in [3.8, 4) is 0 Å². The van der Waals surface area contributed by atoms with Crippen LogP contribution in [0.5, 0.6) is 0 Å². The molecule has 0 radical (unpaired) electrons. The summed E-state index contributed by atoms with van der Waals surface area (Å²) in [5.41, 5.74) is 0.107. The van der Waals surface area contributed by atoms with Crippen LogP contribution >= 0.6 is 0 Å². The number of nitrogens with one attached hydrogen (secondary N) is 1. The van der Waals surface area contributed by atoms with Crippen LogP contribution in [0.3, 0.4) is 0 Å². The van der Waals surface area contributed by atoms with Crippen molar-refractivity contribution >= 4 is 11.4 Å². The van der Waals surface area contributed by atoms with E-state index in [0.29, 0.717) is 0 Å². The van der Waals surface area contributed by atoms with Crippen molar-refractivity contribution in [1.29, 1.82) is 0 Å². The molecule has 16 heavy (non-hydrogen) atoms. The zero-order valence-electron chi connectivity index (χ0n) is 8.34. The molecule has 7 heteroatoms. The first-order valence-corrected chi connectivity index (χ1v) is 4.36. The van der Waals surface area contributed by atoms with Crippen LogP contribution in [-0.4, -0.2) is 17.6 Å². The summed E-state index contributed by atoms with van der Waals surface area (Å²) in [4.78, 5) is 9.90. The molecule has 1 aromatic carbocycles. The Labute approximate surface area is 89.2 Å². The third-order valence-corrected chi connectivity index (χ3v) is 1.98. The van der Waals surface area contributed by atoms with Crippen LogP contribution < -0.4 is 5.32 Å². The van der Waals surface area contributed by atoms with Gasteiger partial charge < -0.3 is 5.32 Å². The molecule has 0 saturated carbocycles.